The largest absolute Gasteiger partial charge is 0.493 e. The number of benzene rings is 2. The van der Waals surface area contributed by atoms with Crippen molar-refractivity contribution in [2.24, 2.45) is 5.92 Å². The normalized spacial score (nSPS) is 14.7. The molecule has 1 aromatic heterocycles. The van der Waals surface area contributed by atoms with Gasteiger partial charge in [0.1, 0.15) is 5.75 Å². The van der Waals surface area contributed by atoms with Crippen molar-refractivity contribution in [3.63, 3.8) is 0 Å². The Morgan fingerprint density at radius 3 is 2.59 bits per heavy atom. The Kier molecular flexibility index (Phi) is 5.89. The van der Waals surface area contributed by atoms with Crippen molar-refractivity contribution in [2.45, 2.75) is 26.2 Å². The van der Waals surface area contributed by atoms with E-state index in [4.69, 9.17) is 9.26 Å². The summed E-state index contributed by atoms with van der Waals surface area (Å²) in [5, 5.41) is 4.10. The molecule has 150 valence electrons. The van der Waals surface area contributed by atoms with Gasteiger partial charge in [-0.25, -0.2) is 0 Å². The summed E-state index contributed by atoms with van der Waals surface area (Å²) in [6.45, 7) is 3.92. The van der Waals surface area contributed by atoms with Crippen LogP contribution in [0, 0.1) is 5.92 Å². The van der Waals surface area contributed by atoms with Crippen molar-refractivity contribution in [1.82, 2.24) is 15.0 Å². The van der Waals surface area contributed by atoms with Crippen molar-refractivity contribution in [1.29, 1.82) is 0 Å². The lowest BCUT2D eigenvalue weighted by Crippen LogP contribution is -2.39. The van der Waals surface area contributed by atoms with Gasteiger partial charge in [-0.3, -0.25) is 4.79 Å². The molecule has 0 unspecified atom stereocenters. The fraction of sp³-hybridized carbons (Fsp3) is 0.348. The second-order valence-electron chi connectivity index (χ2n) is 7.25. The Labute approximate surface area is 170 Å². The number of carbonyl (C=O) groups excluding carboxylic acids is 1. The third-order valence-electron chi connectivity index (χ3n) is 5.28. The Morgan fingerprint density at radius 1 is 1.10 bits per heavy atom. The maximum absolute atomic E-state index is 12.9. The van der Waals surface area contributed by atoms with E-state index in [0.717, 1.165) is 37.9 Å². The molecule has 0 spiro atoms. The fourth-order valence-corrected chi connectivity index (χ4v) is 3.72. The van der Waals surface area contributed by atoms with E-state index in [1.807, 2.05) is 66.4 Å². The molecule has 1 aliphatic rings. The molecule has 0 saturated carbocycles. The molecule has 1 aliphatic heterocycles. The van der Waals surface area contributed by atoms with Crippen LogP contribution in [0.5, 0.6) is 5.75 Å². The second kappa shape index (κ2) is 8.90. The fourth-order valence-electron chi connectivity index (χ4n) is 3.72. The molecule has 6 heteroatoms. The van der Waals surface area contributed by atoms with Gasteiger partial charge in [-0.1, -0.05) is 47.6 Å². The van der Waals surface area contributed by atoms with Gasteiger partial charge in [0.2, 0.25) is 11.7 Å². The van der Waals surface area contributed by atoms with Gasteiger partial charge >= 0.3 is 0 Å². The third-order valence-corrected chi connectivity index (χ3v) is 5.28. The molecule has 4 rings (SSSR count). The van der Waals surface area contributed by atoms with Crippen LogP contribution in [0.2, 0.25) is 0 Å². The zero-order chi connectivity index (χ0) is 20.1. The molecular formula is C23H25N3O3. The van der Waals surface area contributed by atoms with Gasteiger partial charge in [-0.15, -0.1) is 0 Å². The van der Waals surface area contributed by atoms with Crippen LogP contribution in [0.1, 0.15) is 36.0 Å². The first-order chi connectivity index (χ1) is 14.2. The minimum atomic E-state index is 0.0386. The summed E-state index contributed by atoms with van der Waals surface area (Å²) < 4.78 is 11.1. The lowest BCUT2D eigenvalue weighted by atomic mass is 9.93. The zero-order valence-corrected chi connectivity index (χ0v) is 16.6. The van der Waals surface area contributed by atoms with E-state index in [2.05, 4.69) is 10.1 Å². The number of carbonyl (C=O) groups is 1. The molecule has 0 aliphatic carbocycles. The van der Waals surface area contributed by atoms with Crippen LogP contribution in [-0.4, -0.2) is 40.6 Å². The van der Waals surface area contributed by atoms with E-state index in [-0.39, 0.29) is 5.91 Å². The molecule has 1 saturated heterocycles. The lowest BCUT2D eigenvalue weighted by Gasteiger charge is -2.31. The molecule has 0 N–H and O–H groups in total. The number of rotatable bonds is 6. The SMILES string of the molecule is CCOc1ccccc1C(=O)N1CCC(Cc2nc(-c3ccccc3)no2)CC1. The Morgan fingerprint density at radius 2 is 1.83 bits per heavy atom. The summed E-state index contributed by atoms with van der Waals surface area (Å²) >= 11 is 0. The molecule has 2 aromatic carbocycles. The predicted molar refractivity (Wildman–Crippen MR) is 110 cm³/mol. The maximum Gasteiger partial charge on any atom is 0.257 e. The number of amides is 1. The van der Waals surface area contributed by atoms with Crippen molar-refractivity contribution < 1.29 is 14.1 Å². The minimum absolute atomic E-state index is 0.0386. The monoisotopic (exact) mass is 391 g/mol. The molecule has 0 radical (unpaired) electrons. The van der Waals surface area contributed by atoms with E-state index in [9.17, 15) is 4.79 Å². The smallest absolute Gasteiger partial charge is 0.257 e. The molecule has 29 heavy (non-hydrogen) atoms. The molecule has 6 nitrogen and oxygen atoms in total. The van der Waals surface area contributed by atoms with Crippen LogP contribution < -0.4 is 4.74 Å². The van der Waals surface area contributed by atoms with Crippen molar-refractivity contribution in [3.8, 4) is 17.1 Å². The van der Waals surface area contributed by atoms with Gasteiger partial charge in [-0.05, 0) is 37.8 Å². The summed E-state index contributed by atoms with van der Waals surface area (Å²) in [5.74, 6) is 2.42. The lowest BCUT2D eigenvalue weighted by molar-refractivity contribution is 0.0683. The third kappa shape index (κ3) is 4.47. The van der Waals surface area contributed by atoms with Gasteiger partial charge in [-0.2, -0.15) is 4.98 Å². The molecule has 0 atom stereocenters. The Hall–Kier alpha value is -3.15. The van der Waals surface area contributed by atoms with Gasteiger partial charge in [0.25, 0.3) is 5.91 Å². The van der Waals surface area contributed by atoms with E-state index in [0.29, 0.717) is 35.6 Å². The first kappa shape index (κ1) is 19.2. The highest BCUT2D eigenvalue weighted by molar-refractivity contribution is 5.97. The van der Waals surface area contributed by atoms with Crippen molar-refractivity contribution in [2.75, 3.05) is 19.7 Å². The number of ether oxygens (including phenoxy) is 1. The number of hydrogen-bond acceptors (Lipinski definition) is 5. The van der Waals surface area contributed by atoms with Gasteiger partial charge in [0.15, 0.2) is 0 Å². The Balaban J connectivity index is 1.34. The highest BCUT2D eigenvalue weighted by atomic mass is 16.5. The topological polar surface area (TPSA) is 68.5 Å². The number of para-hydroxylation sites is 1. The highest BCUT2D eigenvalue weighted by Crippen LogP contribution is 2.26. The zero-order valence-electron chi connectivity index (χ0n) is 16.6. The minimum Gasteiger partial charge on any atom is -0.493 e. The first-order valence-corrected chi connectivity index (χ1v) is 10.1. The maximum atomic E-state index is 12.9. The number of nitrogens with zero attached hydrogens (tertiary/aromatic N) is 3. The van der Waals surface area contributed by atoms with Gasteiger partial charge < -0.3 is 14.2 Å². The van der Waals surface area contributed by atoms with Crippen LogP contribution in [0.15, 0.2) is 59.1 Å². The Bertz CT molecular complexity index is 947. The van der Waals surface area contributed by atoms with Crippen LogP contribution >= 0.6 is 0 Å². The quantitative estimate of drug-likeness (QED) is 0.629. The van der Waals surface area contributed by atoms with E-state index in [1.54, 1.807) is 0 Å². The van der Waals surface area contributed by atoms with Gasteiger partial charge in [0, 0.05) is 25.1 Å². The highest BCUT2D eigenvalue weighted by Gasteiger charge is 2.26. The van der Waals surface area contributed by atoms with Crippen LogP contribution in [-0.2, 0) is 6.42 Å². The second-order valence-corrected chi connectivity index (χ2v) is 7.25. The summed E-state index contributed by atoms with van der Waals surface area (Å²) in [4.78, 5) is 19.4. The van der Waals surface area contributed by atoms with E-state index >= 15 is 0 Å². The number of likely N-dealkylation sites (tertiary alicyclic amines) is 1. The van der Waals surface area contributed by atoms with E-state index < -0.39 is 0 Å². The molecule has 1 fully saturated rings. The summed E-state index contributed by atoms with van der Waals surface area (Å²) in [6, 6.07) is 17.3. The van der Waals surface area contributed by atoms with Gasteiger partial charge in [0.05, 0.1) is 12.2 Å². The number of aromatic nitrogens is 2. The molecular weight excluding hydrogens is 366 g/mol. The standard InChI is InChI=1S/C23H25N3O3/c1-2-28-20-11-7-6-10-19(20)23(27)26-14-12-17(13-15-26)16-21-24-22(25-29-21)18-8-4-3-5-9-18/h3-11,17H,2,12-16H2,1H3. The predicted octanol–water partition coefficient (Wildman–Crippen LogP) is 4.23. The first-order valence-electron chi connectivity index (χ1n) is 10.1. The molecule has 3 aromatic rings. The average Bonchev–Trinajstić information content (AvgIpc) is 3.24. The van der Waals surface area contributed by atoms with Crippen LogP contribution in [0.25, 0.3) is 11.4 Å². The van der Waals surface area contributed by atoms with E-state index in [1.165, 1.54) is 0 Å². The van der Waals surface area contributed by atoms with Crippen LogP contribution in [0.4, 0.5) is 0 Å². The average molecular weight is 391 g/mol. The summed E-state index contributed by atoms with van der Waals surface area (Å²) in [7, 11) is 0. The number of hydrogen-bond donors (Lipinski definition) is 0. The molecule has 2 heterocycles. The number of piperidine rings is 1. The van der Waals surface area contributed by atoms with Crippen LogP contribution in [0.3, 0.4) is 0 Å². The summed E-state index contributed by atoms with van der Waals surface area (Å²) in [5.41, 5.74) is 1.59. The molecule has 0 bridgehead atoms. The van der Waals surface area contributed by atoms with Crippen molar-refractivity contribution in [3.05, 3.63) is 66.1 Å². The van der Waals surface area contributed by atoms with Crippen molar-refractivity contribution >= 4 is 5.91 Å². The summed E-state index contributed by atoms with van der Waals surface area (Å²) in [6.07, 6.45) is 2.59. The molecule has 1 amide bonds.